The number of thioether (sulfide) groups is 1. The zero-order chi connectivity index (χ0) is 18.0. The van der Waals surface area contributed by atoms with Crippen molar-refractivity contribution in [1.82, 2.24) is 4.90 Å². The molecule has 1 fully saturated rings. The summed E-state index contributed by atoms with van der Waals surface area (Å²) >= 11 is 1.82. The van der Waals surface area contributed by atoms with Crippen molar-refractivity contribution in [2.75, 3.05) is 17.6 Å². The van der Waals surface area contributed by atoms with Crippen LogP contribution in [0.5, 0.6) is 0 Å². The van der Waals surface area contributed by atoms with E-state index in [2.05, 4.69) is 50.4 Å². The van der Waals surface area contributed by atoms with Gasteiger partial charge in [-0.15, -0.1) is 11.8 Å². The van der Waals surface area contributed by atoms with E-state index < -0.39 is 0 Å². The summed E-state index contributed by atoms with van der Waals surface area (Å²) in [6.07, 6.45) is 0. The van der Waals surface area contributed by atoms with Gasteiger partial charge in [-0.2, -0.15) is 0 Å². The first-order chi connectivity index (χ1) is 11.8. The second kappa shape index (κ2) is 7.12. The van der Waals surface area contributed by atoms with Gasteiger partial charge in [-0.05, 0) is 41.2 Å². The molecule has 2 aromatic rings. The molecule has 1 aliphatic rings. The molecule has 0 spiro atoms. The molecule has 0 unspecified atom stereocenters. The normalized spacial score (nSPS) is 17.6. The second-order valence-corrected chi connectivity index (χ2v) is 8.78. The molecule has 2 amide bonds. The fraction of sp³-hybridized carbons (Fsp3) is 0.381. The smallest absolute Gasteiger partial charge is 0.308 e. The number of rotatable bonds is 2. The Morgan fingerprint density at radius 2 is 1.88 bits per heavy atom. The van der Waals surface area contributed by atoms with Gasteiger partial charge in [0.25, 0.3) is 0 Å². The van der Waals surface area contributed by atoms with Crippen molar-refractivity contribution in [3.63, 3.8) is 0 Å². The van der Waals surface area contributed by atoms with Crippen LogP contribution >= 0.6 is 11.8 Å². The number of nitrogens with zero attached hydrogens (tertiary/aromatic N) is 1. The number of amides is 2. The number of nitrogens with one attached hydrogen (secondary N) is 1. The summed E-state index contributed by atoms with van der Waals surface area (Å²) < 4.78 is 0. The van der Waals surface area contributed by atoms with Gasteiger partial charge in [0.1, 0.15) is 5.37 Å². The largest absolute Gasteiger partial charge is 0.323 e. The van der Waals surface area contributed by atoms with Gasteiger partial charge in [0.2, 0.25) is 0 Å². The van der Waals surface area contributed by atoms with Crippen LogP contribution in [-0.4, -0.2) is 23.2 Å². The number of carbonyl (C=O) groups excluding carboxylic acids is 1. The Bertz CT molecular complexity index is 749. The number of carbonyl (C=O) groups is 1. The first kappa shape index (κ1) is 17.9. The van der Waals surface area contributed by atoms with Crippen molar-refractivity contribution < 1.29 is 4.79 Å². The summed E-state index contributed by atoms with van der Waals surface area (Å²) in [5.41, 5.74) is 4.64. The van der Waals surface area contributed by atoms with E-state index in [4.69, 9.17) is 0 Å². The van der Waals surface area contributed by atoms with Crippen molar-refractivity contribution in [2.24, 2.45) is 0 Å². The molecule has 1 N–H and O–H groups in total. The zero-order valence-electron chi connectivity index (χ0n) is 15.4. The third kappa shape index (κ3) is 4.18. The molecule has 25 heavy (non-hydrogen) atoms. The Morgan fingerprint density at radius 3 is 2.52 bits per heavy atom. The Morgan fingerprint density at radius 1 is 1.16 bits per heavy atom. The van der Waals surface area contributed by atoms with E-state index in [1.165, 1.54) is 11.1 Å². The van der Waals surface area contributed by atoms with Crippen molar-refractivity contribution >= 4 is 23.5 Å². The van der Waals surface area contributed by atoms with Crippen LogP contribution in [-0.2, 0) is 5.41 Å². The standard InChI is InChI=1S/C21H26N2OS/c1-15-6-5-7-18(14-15)22-20(24)23-12-13-25-19(23)16-8-10-17(11-9-16)21(2,3)4/h5-11,14,19H,12-13H2,1-4H3,(H,22,24)/t19-/m1/s1. The molecule has 1 saturated heterocycles. The maximum atomic E-state index is 12.7. The molecule has 3 rings (SSSR count). The summed E-state index contributed by atoms with van der Waals surface area (Å²) in [5.74, 6) is 0.965. The topological polar surface area (TPSA) is 32.3 Å². The molecule has 1 atom stereocenters. The van der Waals surface area contributed by atoms with E-state index in [0.717, 1.165) is 23.5 Å². The number of hydrogen-bond donors (Lipinski definition) is 1. The number of hydrogen-bond acceptors (Lipinski definition) is 2. The number of aryl methyl sites for hydroxylation is 1. The first-order valence-electron chi connectivity index (χ1n) is 8.71. The summed E-state index contributed by atoms with van der Waals surface area (Å²) in [7, 11) is 0. The molecule has 0 radical (unpaired) electrons. The number of anilines is 1. The number of urea groups is 1. The maximum absolute atomic E-state index is 12.7. The predicted octanol–water partition coefficient (Wildman–Crippen LogP) is 5.57. The highest BCUT2D eigenvalue weighted by Crippen LogP contribution is 2.38. The molecule has 2 aromatic carbocycles. The predicted molar refractivity (Wildman–Crippen MR) is 107 cm³/mol. The van der Waals surface area contributed by atoms with Crippen molar-refractivity contribution in [3.05, 3.63) is 65.2 Å². The molecule has 0 bridgehead atoms. The zero-order valence-corrected chi connectivity index (χ0v) is 16.2. The van der Waals surface area contributed by atoms with Gasteiger partial charge in [0, 0.05) is 18.0 Å². The van der Waals surface area contributed by atoms with Crippen LogP contribution in [0.2, 0.25) is 0 Å². The minimum atomic E-state index is -0.0273. The third-order valence-electron chi connectivity index (χ3n) is 4.48. The quantitative estimate of drug-likeness (QED) is 0.764. The average molecular weight is 355 g/mol. The van der Waals surface area contributed by atoms with Crippen LogP contribution < -0.4 is 5.32 Å². The second-order valence-electron chi connectivity index (χ2n) is 7.59. The lowest BCUT2D eigenvalue weighted by Crippen LogP contribution is -2.34. The summed E-state index contributed by atoms with van der Waals surface area (Å²) in [4.78, 5) is 14.7. The van der Waals surface area contributed by atoms with E-state index in [-0.39, 0.29) is 16.8 Å². The molecule has 132 valence electrons. The van der Waals surface area contributed by atoms with Gasteiger partial charge in [-0.1, -0.05) is 57.2 Å². The van der Waals surface area contributed by atoms with Gasteiger partial charge >= 0.3 is 6.03 Å². The number of benzene rings is 2. The molecule has 1 aliphatic heterocycles. The Hall–Kier alpha value is -1.94. The van der Waals surface area contributed by atoms with Crippen LogP contribution in [0.15, 0.2) is 48.5 Å². The molecule has 1 heterocycles. The fourth-order valence-corrected chi connectivity index (χ4v) is 4.28. The van der Waals surface area contributed by atoms with Crippen LogP contribution in [0.25, 0.3) is 0 Å². The molecular weight excluding hydrogens is 328 g/mol. The van der Waals surface area contributed by atoms with E-state index in [0.29, 0.717) is 0 Å². The molecule has 3 nitrogen and oxygen atoms in total. The summed E-state index contributed by atoms with van der Waals surface area (Å²) in [6.45, 7) is 9.45. The summed E-state index contributed by atoms with van der Waals surface area (Å²) in [6, 6.07) is 16.6. The SMILES string of the molecule is Cc1cccc(NC(=O)N2CCS[C@@H]2c2ccc(C(C)(C)C)cc2)c1. The van der Waals surface area contributed by atoms with Crippen molar-refractivity contribution in [1.29, 1.82) is 0 Å². The minimum Gasteiger partial charge on any atom is -0.308 e. The highest BCUT2D eigenvalue weighted by atomic mass is 32.2. The average Bonchev–Trinajstić information content (AvgIpc) is 3.04. The van der Waals surface area contributed by atoms with Gasteiger partial charge < -0.3 is 10.2 Å². The highest BCUT2D eigenvalue weighted by molar-refractivity contribution is 7.99. The van der Waals surface area contributed by atoms with Crippen LogP contribution in [0.4, 0.5) is 10.5 Å². The summed E-state index contributed by atoms with van der Waals surface area (Å²) in [5, 5.41) is 3.12. The Balaban J connectivity index is 1.74. The third-order valence-corrected chi connectivity index (χ3v) is 5.74. The molecule has 4 heteroatoms. The lowest BCUT2D eigenvalue weighted by atomic mass is 9.87. The fourth-order valence-electron chi connectivity index (χ4n) is 3.02. The molecular formula is C21H26N2OS. The van der Waals surface area contributed by atoms with E-state index in [9.17, 15) is 4.79 Å². The Kier molecular flexibility index (Phi) is 5.09. The van der Waals surface area contributed by atoms with Gasteiger partial charge in [0.15, 0.2) is 0 Å². The van der Waals surface area contributed by atoms with Crippen LogP contribution in [0, 0.1) is 6.92 Å². The van der Waals surface area contributed by atoms with Gasteiger partial charge in [-0.25, -0.2) is 4.79 Å². The monoisotopic (exact) mass is 354 g/mol. The van der Waals surface area contributed by atoms with Crippen LogP contribution in [0.1, 0.15) is 42.8 Å². The van der Waals surface area contributed by atoms with Gasteiger partial charge in [-0.3, -0.25) is 0 Å². The highest BCUT2D eigenvalue weighted by Gasteiger charge is 2.31. The first-order valence-corrected chi connectivity index (χ1v) is 9.76. The van der Waals surface area contributed by atoms with Crippen molar-refractivity contribution in [2.45, 2.75) is 38.5 Å². The van der Waals surface area contributed by atoms with E-state index >= 15 is 0 Å². The molecule has 0 saturated carbocycles. The van der Waals surface area contributed by atoms with Crippen LogP contribution in [0.3, 0.4) is 0 Å². The van der Waals surface area contributed by atoms with Crippen molar-refractivity contribution in [3.8, 4) is 0 Å². The lowest BCUT2D eigenvalue weighted by molar-refractivity contribution is 0.214. The lowest BCUT2D eigenvalue weighted by Gasteiger charge is -2.25. The maximum Gasteiger partial charge on any atom is 0.323 e. The Labute approximate surface area is 154 Å². The minimum absolute atomic E-state index is 0.0273. The van der Waals surface area contributed by atoms with E-state index in [1.807, 2.05) is 47.9 Å². The molecule has 0 aromatic heterocycles. The van der Waals surface area contributed by atoms with E-state index in [1.54, 1.807) is 0 Å². The van der Waals surface area contributed by atoms with Gasteiger partial charge in [0.05, 0.1) is 0 Å². The molecule has 0 aliphatic carbocycles.